The van der Waals surface area contributed by atoms with Gasteiger partial charge >= 0.3 is 0 Å². The summed E-state index contributed by atoms with van der Waals surface area (Å²) in [5, 5.41) is 4.13. The third kappa shape index (κ3) is 1.37. The maximum absolute atomic E-state index is 6.05. The maximum atomic E-state index is 6.05. The lowest BCUT2D eigenvalue weighted by Crippen LogP contribution is -2.28. The Balaban J connectivity index is 2.63. The third-order valence-corrected chi connectivity index (χ3v) is 3.84. The van der Waals surface area contributed by atoms with Gasteiger partial charge in [-0.2, -0.15) is 0 Å². The highest BCUT2D eigenvalue weighted by molar-refractivity contribution is 6.30. The van der Waals surface area contributed by atoms with Crippen LogP contribution in [-0.4, -0.2) is 0 Å². The van der Waals surface area contributed by atoms with Crippen LogP contribution in [0, 0.1) is 5.92 Å². The number of hydrogen-bond acceptors (Lipinski definition) is 1. The highest BCUT2D eigenvalue weighted by Gasteiger charge is 2.40. The molecule has 1 heterocycles. The predicted octanol–water partition coefficient (Wildman–Crippen LogP) is 4.19. The number of rotatable bonds is 1. The molecule has 1 aliphatic rings. The van der Waals surface area contributed by atoms with Crippen molar-refractivity contribution in [2.24, 2.45) is 5.92 Å². The largest absolute Gasteiger partial charge is 0.358 e. The molecule has 0 radical (unpaired) electrons. The monoisotopic (exact) mass is 221 g/mol. The van der Waals surface area contributed by atoms with Gasteiger partial charge in [0.1, 0.15) is 0 Å². The van der Waals surface area contributed by atoms with Crippen LogP contribution in [0.4, 0.5) is 5.69 Å². The second kappa shape index (κ2) is 3.28. The van der Waals surface area contributed by atoms with Crippen molar-refractivity contribution in [2.45, 2.75) is 26.2 Å². The van der Waals surface area contributed by atoms with Crippen molar-refractivity contribution in [3.8, 4) is 0 Å². The SMILES string of the molecule is C=C1Nc2ccc(Cl)cc2[C@@]1(C)C(C)C. The van der Waals surface area contributed by atoms with E-state index in [2.05, 4.69) is 32.7 Å². The predicted molar refractivity (Wildman–Crippen MR) is 66.4 cm³/mol. The van der Waals surface area contributed by atoms with Crippen molar-refractivity contribution in [1.82, 2.24) is 0 Å². The molecule has 0 bridgehead atoms. The van der Waals surface area contributed by atoms with E-state index in [1.807, 2.05) is 18.2 Å². The van der Waals surface area contributed by atoms with E-state index in [9.17, 15) is 0 Å². The molecule has 0 saturated carbocycles. The summed E-state index contributed by atoms with van der Waals surface area (Å²) in [7, 11) is 0. The molecule has 2 heteroatoms. The van der Waals surface area contributed by atoms with Crippen LogP contribution in [0.1, 0.15) is 26.3 Å². The minimum atomic E-state index is -0.0137. The van der Waals surface area contributed by atoms with E-state index < -0.39 is 0 Å². The molecule has 1 N–H and O–H groups in total. The van der Waals surface area contributed by atoms with Gasteiger partial charge < -0.3 is 5.32 Å². The molecule has 0 spiro atoms. The van der Waals surface area contributed by atoms with Crippen LogP contribution < -0.4 is 5.32 Å². The number of anilines is 1. The van der Waals surface area contributed by atoms with Gasteiger partial charge in [0.25, 0.3) is 0 Å². The van der Waals surface area contributed by atoms with E-state index in [0.717, 1.165) is 16.4 Å². The summed E-state index contributed by atoms with van der Waals surface area (Å²) < 4.78 is 0. The van der Waals surface area contributed by atoms with Gasteiger partial charge in [-0.25, -0.2) is 0 Å². The zero-order chi connectivity index (χ0) is 11.2. The van der Waals surface area contributed by atoms with Gasteiger partial charge in [0.15, 0.2) is 0 Å². The summed E-state index contributed by atoms with van der Waals surface area (Å²) in [5.74, 6) is 0.497. The van der Waals surface area contributed by atoms with Gasteiger partial charge in [0.05, 0.1) is 0 Å². The first kappa shape index (κ1) is 10.6. The van der Waals surface area contributed by atoms with Gasteiger partial charge in [-0.1, -0.05) is 32.0 Å². The van der Waals surface area contributed by atoms with E-state index in [-0.39, 0.29) is 5.41 Å². The first-order valence-electron chi connectivity index (χ1n) is 5.22. The number of benzene rings is 1. The lowest BCUT2D eigenvalue weighted by Gasteiger charge is -2.30. The second-order valence-corrected chi connectivity index (χ2v) is 5.09. The van der Waals surface area contributed by atoms with Gasteiger partial charge in [0, 0.05) is 21.8 Å². The van der Waals surface area contributed by atoms with Crippen molar-refractivity contribution in [3.63, 3.8) is 0 Å². The summed E-state index contributed by atoms with van der Waals surface area (Å²) >= 11 is 6.05. The van der Waals surface area contributed by atoms with Gasteiger partial charge in [0.2, 0.25) is 0 Å². The van der Waals surface area contributed by atoms with Crippen LogP contribution >= 0.6 is 11.6 Å². The fourth-order valence-electron chi connectivity index (χ4n) is 2.17. The van der Waals surface area contributed by atoms with Crippen LogP contribution in [0.2, 0.25) is 5.02 Å². The van der Waals surface area contributed by atoms with Crippen molar-refractivity contribution in [2.75, 3.05) is 5.32 Å². The topological polar surface area (TPSA) is 12.0 Å². The first-order valence-corrected chi connectivity index (χ1v) is 5.60. The molecule has 0 amide bonds. The standard InChI is InChI=1S/C13H16ClN/c1-8(2)13(4)9(3)15-12-6-5-10(14)7-11(12)13/h5-8,15H,3H2,1-2,4H3/t13-/m0/s1. The number of nitrogens with one attached hydrogen (secondary N) is 1. The lowest BCUT2D eigenvalue weighted by atomic mass is 9.73. The smallest absolute Gasteiger partial charge is 0.0425 e. The third-order valence-electron chi connectivity index (χ3n) is 3.61. The Bertz CT molecular complexity index is 423. The van der Waals surface area contributed by atoms with Gasteiger partial charge in [-0.05, 0) is 36.6 Å². The van der Waals surface area contributed by atoms with Gasteiger partial charge in [-0.3, -0.25) is 0 Å². The molecule has 1 aromatic rings. The molecule has 2 rings (SSSR count). The Morgan fingerprint density at radius 3 is 2.67 bits per heavy atom. The average Bonchev–Trinajstić information content (AvgIpc) is 2.42. The molecule has 1 aliphatic heterocycles. The Hall–Kier alpha value is -0.950. The minimum Gasteiger partial charge on any atom is -0.358 e. The summed E-state index contributed by atoms with van der Waals surface area (Å²) in [6, 6.07) is 5.98. The number of allylic oxidation sites excluding steroid dienone is 1. The Morgan fingerprint density at radius 2 is 2.07 bits per heavy atom. The van der Waals surface area contributed by atoms with E-state index in [1.54, 1.807) is 0 Å². The second-order valence-electron chi connectivity index (χ2n) is 4.65. The maximum Gasteiger partial charge on any atom is 0.0425 e. The summed E-state index contributed by atoms with van der Waals surface area (Å²) in [5.41, 5.74) is 3.45. The molecular formula is C13H16ClN. The van der Waals surface area contributed by atoms with Crippen molar-refractivity contribution >= 4 is 17.3 Å². The summed E-state index contributed by atoms with van der Waals surface area (Å²) in [6.45, 7) is 10.8. The number of fused-ring (bicyclic) bond motifs is 1. The molecule has 1 nitrogen and oxygen atoms in total. The molecule has 0 fully saturated rings. The highest BCUT2D eigenvalue weighted by atomic mass is 35.5. The average molecular weight is 222 g/mol. The van der Waals surface area contributed by atoms with Crippen molar-refractivity contribution < 1.29 is 0 Å². The molecule has 0 aromatic heterocycles. The fraction of sp³-hybridized carbons (Fsp3) is 0.385. The normalized spacial score (nSPS) is 24.2. The zero-order valence-electron chi connectivity index (χ0n) is 9.39. The molecule has 15 heavy (non-hydrogen) atoms. The lowest BCUT2D eigenvalue weighted by molar-refractivity contribution is 0.412. The van der Waals surface area contributed by atoms with Crippen LogP contribution in [0.25, 0.3) is 0 Å². The van der Waals surface area contributed by atoms with Crippen LogP contribution in [0.15, 0.2) is 30.5 Å². The Morgan fingerprint density at radius 1 is 1.40 bits per heavy atom. The molecule has 80 valence electrons. The van der Waals surface area contributed by atoms with E-state index in [1.165, 1.54) is 5.56 Å². The molecular weight excluding hydrogens is 206 g/mol. The van der Waals surface area contributed by atoms with Crippen molar-refractivity contribution in [3.05, 3.63) is 41.1 Å². The molecule has 0 aliphatic carbocycles. The quantitative estimate of drug-likeness (QED) is 0.750. The van der Waals surface area contributed by atoms with E-state index >= 15 is 0 Å². The molecule has 0 saturated heterocycles. The fourth-order valence-corrected chi connectivity index (χ4v) is 2.34. The zero-order valence-corrected chi connectivity index (χ0v) is 10.2. The van der Waals surface area contributed by atoms with Crippen LogP contribution in [0.3, 0.4) is 0 Å². The van der Waals surface area contributed by atoms with Crippen molar-refractivity contribution in [1.29, 1.82) is 0 Å². The summed E-state index contributed by atoms with van der Waals surface area (Å²) in [4.78, 5) is 0. The van der Waals surface area contributed by atoms with E-state index in [4.69, 9.17) is 11.6 Å². The number of hydrogen-bond donors (Lipinski definition) is 1. The molecule has 1 aromatic carbocycles. The van der Waals surface area contributed by atoms with Gasteiger partial charge in [-0.15, -0.1) is 0 Å². The van der Waals surface area contributed by atoms with Crippen LogP contribution in [0.5, 0.6) is 0 Å². The first-order chi connectivity index (χ1) is 6.96. The Labute approximate surface area is 96.1 Å². The van der Waals surface area contributed by atoms with E-state index in [0.29, 0.717) is 5.92 Å². The molecule has 0 unspecified atom stereocenters. The highest BCUT2D eigenvalue weighted by Crippen LogP contribution is 2.48. The minimum absolute atomic E-state index is 0.0137. The van der Waals surface area contributed by atoms with Crippen LogP contribution in [-0.2, 0) is 5.41 Å². The molecule has 1 atom stereocenters. The number of halogens is 1. The summed E-state index contributed by atoms with van der Waals surface area (Å²) in [6.07, 6.45) is 0. The Kier molecular flexibility index (Phi) is 2.31.